The molecule has 0 radical (unpaired) electrons. The molecule has 0 unspecified atom stereocenters. The number of fused-ring (bicyclic) bond motifs is 5. The van der Waals surface area contributed by atoms with Gasteiger partial charge in [-0.3, -0.25) is 0 Å². The number of hydrogen-bond acceptors (Lipinski definition) is 1. The fourth-order valence-electron chi connectivity index (χ4n) is 5.50. The molecule has 3 fully saturated rings. The molecule has 0 aromatic carbocycles. The van der Waals surface area contributed by atoms with Gasteiger partial charge in [0.25, 0.3) is 0 Å². The van der Waals surface area contributed by atoms with E-state index in [1.165, 1.54) is 44.1 Å². The van der Waals surface area contributed by atoms with Crippen LogP contribution in [0.25, 0.3) is 0 Å². The molecule has 3 rings (SSSR count). The molecule has 1 nitrogen and oxygen atoms in total. The average molecular weight is 220 g/mol. The van der Waals surface area contributed by atoms with Crippen molar-refractivity contribution in [3.63, 3.8) is 0 Å². The lowest BCUT2D eigenvalue weighted by Crippen LogP contribution is -2.43. The molecule has 0 amide bonds. The maximum atomic E-state index is 10.0. The highest BCUT2D eigenvalue weighted by atomic mass is 16.3. The van der Waals surface area contributed by atoms with E-state index in [9.17, 15) is 5.11 Å². The molecule has 2 bridgehead atoms. The summed E-state index contributed by atoms with van der Waals surface area (Å²) in [7, 11) is 0. The third kappa shape index (κ3) is 0.895. The lowest BCUT2D eigenvalue weighted by Gasteiger charge is -2.46. The molecular formula is C15H24O. The summed E-state index contributed by atoms with van der Waals surface area (Å²) >= 11 is 0. The molecule has 3 saturated carbocycles. The third-order valence-corrected chi connectivity index (χ3v) is 6.83. The van der Waals surface area contributed by atoms with Gasteiger partial charge >= 0.3 is 0 Å². The van der Waals surface area contributed by atoms with Crippen molar-refractivity contribution < 1.29 is 5.11 Å². The quantitative estimate of drug-likeness (QED) is 0.670. The summed E-state index contributed by atoms with van der Waals surface area (Å²) in [6.07, 6.45) is 7.60. The van der Waals surface area contributed by atoms with E-state index in [1.54, 1.807) is 0 Å². The average Bonchev–Trinajstić information content (AvgIpc) is 2.67. The second-order valence-electron chi connectivity index (χ2n) is 6.98. The van der Waals surface area contributed by atoms with Crippen molar-refractivity contribution in [2.45, 2.75) is 52.4 Å². The highest BCUT2D eigenvalue weighted by molar-refractivity contribution is 5.27. The van der Waals surface area contributed by atoms with Gasteiger partial charge in [-0.05, 0) is 48.9 Å². The monoisotopic (exact) mass is 220 g/mol. The first-order valence-electron chi connectivity index (χ1n) is 6.78. The van der Waals surface area contributed by atoms with Gasteiger partial charge in [0.15, 0.2) is 0 Å². The summed E-state index contributed by atoms with van der Waals surface area (Å²) in [6, 6.07) is 0. The molecule has 3 aliphatic carbocycles. The predicted molar refractivity (Wildman–Crippen MR) is 66.1 cm³/mol. The molecule has 1 heteroatoms. The molecule has 0 aromatic rings. The van der Waals surface area contributed by atoms with Crippen LogP contribution in [0, 0.1) is 22.2 Å². The van der Waals surface area contributed by atoms with Gasteiger partial charge in [-0.2, -0.15) is 0 Å². The van der Waals surface area contributed by atoms with Crippen LogP contribution >= 0.6 is 0 Å². The molecule has 3 aliphatic rings. The van der Waals surface area contributed by atoms with Crippen molar-refractivity contribution in [1.82, 2.24) is 0 Å². The smallest absolute Gasteiger partial charge is 0.0498 e. The first-order chi connectivity index (χ1) is 7.49. The van der Waals surface area contributed by atoms with Crippen LogP contribution < -0.4 is 0 Å². The van der Waals surface area contributed by atoms with E-state index < -0.39 is 0 Å². The van der Waals surface area contributed by atoms with Gasteiger partial charge in [-0.1, -0.05) is 32.4 Å². The van der Waals surface area contributed by atoms with Crippen LogP contribution in [0.5, 0.6) is 0 Å². The van der Waals surface area contributed by atoms with Crippen LogP contribution in [-0.2, 0) is 0 Å². The highest BCUT2D eigenvalue weighted by Gasteiger charge is 2.70. The molecule has 1 N–H and O–H groups in total. The van der Waals surface area contributed by atoms with Crippen LogP contribution in [0.3, 0.4) is 0 Å². The van der Waals surface area contributed by atoms with Crippen LogP contribution in [0.1, 0.15) is 52.4 Å². The summed E-state index contributed by atoms with van der Waals surface area (Å²) < 4.78 is 0. The Labute approximate surface area is 98.9 Å². The van der Waals surface area contributed by atoms with E-state index >= 15 is 0 Å². The number of rotatable bonds is 1. The Morgan fingerprint density at radius 1 is 1.31 bits per heavy atom. The van der Waals surface area contributed by atoms with Gasteiger partial charge in [-0.25, -0.2) is 0 Å². The maximum Gasteiger partial charge on any atom is 0.0498 e. The largest absolute Gasteiger partial charge is 0.396 e. The van der Waals surface area contributed by atoms with Gasteiger partial charge < -0.3 is 5.11 Å². The summed E-state index contributed by atoms with van der Waals surface area (Å²) in [5, 5.41) is 10.0. The topological polar surface area (TPSA) is 20.2 Å². The molecule has 0 saturated heterocycles. The number of allylic oxidation sites excluding steroid dienone is 1. The Kier molecular flexibility index (Phi) is 1.98. The first kappa shape index (κ1) is 10.8. The highest BCUT2D eigenvalue weighted by Crippen LogP contribution is 2.76. The zero-order valence-corrected chi connectivity index (χ0v) is 10.7. The summed E-state index contributed by atoms with van der Waals surface area (Å²) in [4.78, 5) is 0. The fourth-order valence-corrected chi connectivity index (χ4v) is 5.50. The second-order valence-corrected chi connectivity index (χ2v) is 6.98. The van der Waals surface area contributed by atoms with Gasteiger partial charge in [-0.15, -0.1) is 0 Å². The van der Waals surface area contributed by atoms with Gasteiger partial charge in [0.2, 0.25) is 0 Å². The molecule has 90 valence electrons. The minimum atomic E-state index is 0.176. The number of aliphatic hydroxyl groups excluding tert-OH is 1. The van der Waals surface area contributed by atoms with Gasteiger partial charge in [0.05, 0.1) is 0 Å². The normalized spacial score (nSPS) is 55.4. The van der Waals surface area contributed by atoms with E-state index in [0.717, 1.165) is 0 Å². The first-order valence-corrected chi connectivity index (χ1v) is 6.78. The number of hydrogen-bond donors (Lipinski definition) is 1. The predicted octanol–water partition coefficient (Wildman–Crippen LogP) is 3.53. The Balaban J connectivity index is 2.17. The van der Waals surface area contributed by atoms with Crippen LogP contribution in [0.4, 0.5) is 0 Å². The molecule has 0 heterocycles. The van der Waals surface area contributed by atoms with Gasteiger partial charge in [0.1, 0.15) is 0 Å². The Bertz CT molecular complexity index is 347. The minimum absolute atomic E-state index is 0.176. The number of aliphatic hydroxyl groups is 1. The molecule has 16 heavy (non-hydrogen) atoms. The van der Waals surface area contributed by atoms with E-state index in [-0.39, 0.29) is 5.41 Å². The second kappa shape index (κ2) is 2.93. The van der Waals surface area contributed by atoms with E-state index in [2.05, 4.69) is 20.4 Å². The summed E-state index contributed by atoms with van der Waals surface area (Å²) in [5.74, 6) is 0.601. The standard InChI is InChI=1S/C15H24O/c1-11-5-8-13(2)9-12(11)15(10-16)7-4-6-14(13,15)3/h12,16H,1,4-10H2,2-3H3/t12-,13-,14-,15-/m1/s1. The Morgan fingerprint density at radius 3 is 2.75 bits per heavy atom. The summed E-state index contributed by atoms with van der Waals surface area (Å²) in [6.45, 7) is 9.60. The van der Waals surface area contributed by atoms with Crippen LogP contribution in [0.15, 0.2) is 12.2 Å². The Hall–Kier alpha value is -0.300. The van der Waals surface area contributed by atoms with Crippen molar-refractivity contribution in [3.05, 3.63) is 12.2 Å². The molecule has 0 aromatic heterocycles. The molecular weight excluding hydrogens is 196 g/mol. The molecule has 0 spiro atoms. The van der Waals surface area contributed by atoms with Crippen molar-refractivity contribution in [3.8, 4) is 0 Å². The van der Waals surface area contributed by atoms with E-state index in [0.29, 0.717) is 23.4 Å². The SMILES string of the molecule is C=C1CC[C@]2(C)C[C@H]1[C@]1(CO)CCC[C@]21C. The maximum absolute atomic E-state index is 10.0. The molecule has 4 atom stereocenters. The van der Waals surface area contributed by atoms with Crippen molar-refractivity contribution in [1.29, 1.82) is 0 Å². The van der Waals surface area contributed by atoms with Crippen LogP contribution in [-0.4, -0.2) is 11.7 Å². The van der Waals surface area contributed by atoms with Crippen LogP contribution in [0.2, 0.25) is 0 Å². The van der Waals surface area contributed by atoms with Gasteiger partial charge in [0, 0.05) is 12.0 Å². The van der Waals surface area contributed by atoms with Crippen molar-refractivity contribution in [2.24, 2.45) is 22.2 Å². The molecule has 0 aliphatic heterocycles. The zero-order valence-electron chi connectivity index (χ0n) is 10.7. The zero-order chi connectivity index (χ0) is 11.6. The van der Waals surface area contributed by atoms with Crippen molar-refractivity contribution in [2.75, 3.05) is 6.61 Å². The van der Waals surface area contributed by atoms with Crippen molar-refractivity contribution >= 4 is 0 Å². The third-order valence-electron chi connectivity index (χ3n) is 6.83. The lowest BCUT2D eigenvalue weighted by atomic mass is 9.59. The fraction of sp³-hybridized carbons (Fsp3) is 0.867. The minimum Gasteiger partial charge on any atom is -0.396 e. The lowest BCUT2D eigenvalue weighted by molar-refractivity contribution is -0.0199. The Morgan fingerprint density at radius 2 is 2.06 bits per heavy atom. The van der Waals surface area contributed by atoms with E-state index in [4.69, 9.17) is 0 Å². The van der Waals surface area contributed by atoms with E-state index in [1.807, 2.05) is 0 Å². The summed E-state index contributed by atoms with van der Waals surface area (Å²) in [5.41, 5.74) is 2.42.